The highest BCUT2D eigenvalue weighted by molar-refractivity contribution is 9.10. The summed E-state index contributed by atoms with van der Waals surface area (Å²) in [6, 6.07) is 10.2. The number of imide groups is 2. The molecule has 0 unspecified atom stereocenters. The van der Waals surface area contributed by atoms with E-state index in [1.54, 1.807) is 31.2 Å². The topological polar surface area (TPSA) is 122 Å². The summed E-state index contributed by atoms with van der Waals surface area (Å²) < 4.78 is 11.3. The van der Waals surface area contributed by atoms with E-state index in [4.69, 9.17) is 14.6 Å². The second-order valence-corrected chi connectivity index (χ2v) is 7.17. The summed E-state index contributed by atoms with van der Waals surface area (Å²) in [5.74, 6) is -2.30. The van der Waals surface area contributed by atoms with E-state index in [0.717, 1.165) is 4.90 Å². The highest BCUT2D eigenvalue weighted by atomic mass is 79.9. The number of ether oxygens (including phenoxy) is 2. The minimum absolute atomic E-state index is 0.205. The minimum atomic E-state index is -1.14. The van der Waals surface area contributed by atoms with Crippen molar-refractivity contribution < 1.29 is 33.8 Å². The van der Waals surface area contributed by atoms with Crippen LogP contribution in [0.3, 0.4) is 0 Å². The van der Waals surface area contributed by atoms with Gasteiger partial charge < -0.3 is 14.6 Å². The van der Waals surface area contributed by atoms with E-state index in [1.807, 2.05) is 0 Å². The molecule has 1 aliphatic heterocycles. The smallest absolute Gasteiger partial charge is 0.341 e. The van der Waals surface area contributed by atoms with Crippen molar-refractivity contribution in [3.63, 3.8) is 0 Å². The standard InChI is InChI=1S/C21H17BrN2O7/c1-2-30-17-9-12(6-7-16(17)31-11-18(25)26)8-15-19(27)23-21(29)24(20(15)28)14-5-3-4-13(22)10-14/h3-10H,2,11H2,1H3,(H,25,26)(H,23,27,29). The van der Waals surface area contributed by atoms with E-state index >= 15 is 0 Å². The SMILES string of the molecule is CCOc1cc(C=C2C(=O)NC(=O)N(c3cccc(Br)c3)C2=O)ccc1OCC(=O)O. The van der Waals surface area contributed by atoms with Gasteiger partial charge >= 0.3 is 12.0 Å². The molecule has 9 nitrogen and oxygen atoms in total. The molecule has 2 aromatic rings. The fourth-order valence-corrected chi connectivity index (χ4v) is 3.20. The van der Waals surface area contributed by atoms with Crippen molar-refractivity contribution in [1.29, 1.82) is 0 Å². The molecule has 31 heavy (non-hydrogen) atoms. The van der Waals surface area contributed by atoms with E-state index in [9.17, 15) is 19.2 Å². The predicted octanol–water partition coefficient (Wildman–Crippen LogP) is 2.98. The lowest BCUT2D eigenvalue weighted by atomic mass is 10.1. The van der Waals surface area contributed by atoms with Gasteiger partial charge in [-0.3, -0.25) is 14.9 Å². The number of carboxylic acid groups (broad SMARTS) is 1. The molecule has 1 aliphatic rings. The zero-order valence-corrected chi connectivity index (χ0v) is 17.8. The zero-order chi connectivity index (χ0) is 22.5. The normalized spacial score (nSPS) is 15.1. The number of barbiturate groups is 1. The van der Waals surface area contributed by atoms with Crippen molar-refractivity contribution in [3.8, 4) is 11.5 Å². The molecular weight excluding hydrogens is 472 g/mol. The lowest BCUT2D eigenvalue weighted by Gasteiger charge is -2.26. The number of halogens is 1. The van der Waals surface area contributed by atoms with Crippen LogP contribution in [-0.4, -0.2) is 42.1 Å². The average molecular weight is 489 g/mol. The first-order valence-electron chi connectivity index (χ1n) is 9.08. The summed E-state index contributed by atoms with van der Waals surface area (Å²) in [5, 5.41) is 10.9. The monoisotopic (exact) mass is 488 g/mol. The Morgan fingerprint density at radius 1 is 1.13 bits per heavy atom. The van der Waals surface area contributed by atoms with E-state index in [0.29, 0.717) is 15.7 Å². The van der Waals surface area contributed by atoms with Crippen LogP contribution in [0.1, 0.15) is 12.5 Å². The third kappa shape index (κ3) is 5.10. The number of hydrogen-bond acceptors (Lipinski definition) is 6. The number of carbonyl (C=O) groups is 4. The maximum Gasteiger partial charge on any atom is 0.341 e. The minimum Gasteiger partial charge on any atom is -0.490 e. The van der Waals surface area contributed by atoms with E-state index in [-0.39, 0.29) is 23.7 Å². The van der Waals surface area contributed by atoms with E-state index in [2.05, 4.69) is 21.2 Å². The van der Waals surface area contributed by atoms with Gasteiger partial charge in [0, 0.05) is 4.47 Å². The van der Waals surface area contributed by atoms with Crippen LogP contribution < -0.4 is 19.7 Å². The summed E-state index contributed by atoms with van der Waals surface area (Å²) in [4.78, 5) is 49.2. The molecule has 1 fully saturated rings. The van der Waals surface area contributed by atoms with Crippen LogP contribution in [0.2, 0.25) is 0 Å². The summed E-state index contributed by atoms with van der Waals surface area (Å²) in [6.07, 6.45) is 1.32. The Balaban J connectivity index is 1.96. The van der Waals surface area contributed by atoms with E-state index < -0.39 is 30.4 Å². The second kappa shape index (κ2) is 9.43. The number of anilines is 1. The van der Waals surface area contributed by atoms with E-state index in [1.165, 1.54) is 24.3 Å². The van der Waals surface area contributed by atoms with Gasteiger partial charge in [0.25, 0.3) is 11.8 Å². The third-order valence-corrected chi connectivity index (χ3v) is 4.59. The Bertz CT molecular complexity index is 1100. The van der Waals surface area contributed by atoms with Gasteiger partial charge in [-0.2, -0.15) is 0 Å². The summed E-state index contributed by atoms with van der Waals surface area (Å²) >= 11 is 3.29. The molecule has 1 heterocycles. The Morgan fingerprint density at radius 2 is 1.90 bits per heavy atom. The molecule has 0 aliphatic carbocycles. The van der Waals surface area contributed by atoms with Gasteiger partial charge in [0.15, 0.2) is 18.1 Å². The summed E-state index contributed by atoms with van der Waals surface area (Å²) in [6.45, 7) is 1.48. The number of aliphatic carboxylic acids is 1. The summed E-state index contributed by atoms with van der Waals surface area (Å²) in [7, 11) is 0. The molecular formula is C21H17BrN2O7. The molecule has 0 spiro atoms. The van der Waals surface area contributed by atoms with Gasteiger partial charge in [0.1, 0.15) is 5.57 Å². The Kier molecular flexibility index (Phi) is 6.71. The number of nitrogens with one attached hydrogen (secondary N) is 1. The molecule has 2 N–H and O–H groups in total. The van der Waals surface area contributed by atoms with Gasteiger partial charge in [-0.25, -0.2) is 14.5 Å². The zero-order valence-electron chi connectivity index (χ0n) is 16.3. The molecule has 0 saturated carbocycles. The lowest BCUT2D eigenvalue weighted by molar-refractivity contribution is -0.139. The van der Waals surface area contributed by atoms with Crippen molar-refractivity contribution >= 4 is 51.5 Å². The van der Waals surface area contributed by atoms with Crippen molar-refractivity contribution in [3.05, 3.63) is 58.1 Å². The molecule has 1 saturated heterocycles. The Hall–Kier alpha value is -3.66. The number of nitrogens with zero attached hydrogens (tertiary/aromatic N) is 1. The third-order valence-electron chi connectivity index (χ3n) is 4.10. The Labute approximate surface area is 185 Å². The number of urea groups is 1. The van der Waals surface area contributed by atoms with Crippen molar-refractivity contribution in [2.45, 2.75) is 6.92 Å². The van der Waals surface area contributed by atoms with Crippen LogP contribution in [0, 0.1) is 0 Å². The second-order valence-electron chi connectivity index (χ2n) is 6.26. The average Bonchev–Trinajstić information content (AvgIpc) is 2.70. The van der Waals surface area contributed by atoms with Crippen LogP contribution in [0.25, 0.3) is 6.08 Å². The fourth-order valence-electron chi connectivity index (χ4n) is 2.82. The molecule has 3 rings (SSSR count). The van der Waals surface area contributed by atoms with Crippen LogP contribution in [0.4, 0.5) is 10.5 Å². The number of carbonyl (C=O) groups excluding carboxylic acids is 3. The molecule has 0 aromatic heterocycles. The molecule has 0 atom stereocenters. The molecule has 10 heteroatoms. The number of hydrogen-bond donors (Lipinski definition) is 2. The molecule has 160 valence electrons. The van der Waals surface area contributed by atoms with Crippen LogP contribution in [-0.2, 0) is 14.4 Å². The van der Waals surface area contributed by atoms with Crippen LogP contribution in [0.15, 0.2) is 52.5 Å². The van der Waals surface area contributed by atoms with Gasteiger partial charge in [0.05, 0.1) is 12.3 Å². The first-order chi connectivity index (χ1) is 14.8. The number of benzene rings is 2. The van der Waals surface area contributed by atoms with Gasteiger partial charge in [-0.15, -0.1) is 0 Å². The van der Waals surface area contributed by atoms with Crippen LogP contribution in [0.5, 0.6) is 11.5 Å². The maximum absolute atomic E-state index is 13.0. The van der Waals surface area contributed by atoms with Gasteiger partial charge in [-0.05, 0) is 48.9 Å². The Morgan fingerprint density at radius 3 is 2.58 bits per heavy atom. The molecule has 0 bridgehead atoms. The van der Waals surface area contributed by atoms with Crippen molar-refractivity contribution in [1.82, 2.24) is 5.32 Å². The quantitative estimate of drug-likeness (QED) is 0.453. The number of carboxylic acids is 1. The van der Waals surface area contributed by atoms with Crippen LogP contribution >= 0.6 is 15.9 Å². The first kappa shape index (κ1) is 22.0. The fraction of sp³-hybridized carbons (Fsp3) is 0.143. The predicted molar refractivity (Wildman–Crippen MR) is 114 cm³/mol. The lowest BCUT2D eigenvalue weighted by Crippen LogP contribution is -2.54. The largest absolute Gasteiger partial charge is 0.490 e. The highest BCUT2D eigenvalue weighted by Gasteiger charge is 2.36. The summed E-state index contributed by atoms with van der Waals surface area (Å²) in [5.41, 5.74) is 0.470. The molecule has 2 aromatic carbocycles. The van der Waals surface area contributed by atoms with Crippen molar-refractivity contribution in [2.24, 2.45) is 0 Å². The number of amides is 4. The maximum atomic E-state index is 13.0. The van der Waals surface area contributed by atoms with Crippen molar-refractivity contribution in [2.75, 3.05) is 18.1 Å². The van der Waals surface area contributed by atoms with Gasteiger partial charge in [0.2, 0.25) is 0 Å². The van der Waals surface area contributed by atoms with Gasteiger partial charge in [-0.1, -0.05) is 28.1 Å². The molecule has 4 amide bonds. The molecule has 0 radical (unpaired) electrons. The number of rotatable bonds is 7. The first-order valence-corrected chi connectivity index (χ1v) is 9.88. The highest BCUT2D eigenvalue weighted by Crippen LogP contribution is 2.30.